The van der Waals surface area contributed by atoms with Crippen molar-refractivity contribution in [1.82, 2.24) is 0 Å². The Balaban J connectivity index is 4.50. The number of halogens is 5. The lowest BCUT2D eigenvalue weighted by atomic mass is 10.1. The summed E-state index contributed by atoms with van der Waals surface area (Å²) in [7, 11) is 0. The molecule has 2 nitrogen and oxygen atoms in total. The van der Waals surface area contributed by atoms with E-state index in [1.807, 2.05) is 0 Å². The molecular formula is C5H5F5O2. The molecule has 12 heavy (non-hydrogen) atoms. The summed E-state index contributed by atoms with van der Waals surface area (Å²) in [6.45, 7) is -1.82. The molecule has 1 atom stereocenters. The van der Waals surface area contributed by atoms with Crippen molar-refractivity contribution in [2.45, 2.75) is 18.8 Å². The molecule has 0 aromatic rings. The Morgan fingerprint density at radius 2 is 1.75 bits per heavy atom. The molecule has 0 aliphatic carbocycles. The average molecular weight is 192 g/mol. The van der Waals surface area contributed by atoms with Crippen LogP contribution in [0.1, 0.15) is 6.92 Å². The lowest BCUT2D eigenvalue weighted by Gasteiger charge is -2.20. The lowest BCUT2D eigenvalue weighted by molar-refractivity contribution is -0.235. The maximum atomic E-state index is 12.4. The predicted molar refractivity (Wildman–Crippen MR) is 27.6 cm³/mol. The smallest absolute Gasteiger partial charge is 0.431 e. The van der Waals surface area contributed by atoms with Gasteiger partial charge in [-0.25, -0.2) is 13.6 Å². The number of hydrogen-bond donors (Lipinski definition) is 0. The number of esters is 1. The number of hydrogen-bond acceptors (Lipinski definition) is 2. The molecule has 72 valence electrons. The van der Waals surface area contributed by atoms with Gasteiger partial charge in [-0.3, -0.25) is 0 Å². The Morgan fingerprint density at radius 1 is 1.33 bits per heavy atom. The molecule has 1 unspecified atom stereocenters. The standard InChI is InChI=1S/C5H5F5O2/c1-4(7,5(8,9)10)3(11)12-2-6/h2H2,1H3. The number of alkyl halides is 5. The molecule has 0 aromatic carbocycles. The van der Waals surface area contributed by atoms with Crippen molar-refractivity contribution in [3.05, 3.63) is 0 Å². The molecule has 0 rings (SSSR count). The average Bonchev–Trinajstić information content (AvgIpc) is 1.85. The maximum absolute atomic E-state index is 12.4. The number of carbonyl (C=O) groups excluding carboxylic acids is 1. The minimum atomic E-state index is -5.39. The minimum Gasteiger partial charge on any atom is -0.431 e. The summed E-state index contributed by atoms with van der Waals surface area (Å²) in [5.74, 6) is -2.28. The third-order valence-electron chi connectivity index (χ3n) is 1.10. The highest BCUT2D eigenvalue weighted by Gasteiger charge is 2.59. The Bertz CT molecular complexity index is 173. The Kier molecular flexibility index (Phi) is 3.00. The molecule has 0 saturated heterocycles. The van der Waals surface area contributed by atoms with Crippen molar-refractivity contribution in [2.75, 3.05) is 6.86 Å². The second kappa shape index (κ2) is 3.24. The summed E-state index contributed by atoms with van der Waals surface area (Å²) >= 11 is 0. The van der Waals surface area contributed by atoms with E-state index in [9.17, 15) is 26.7 Å². The minimum absolute atomic E-state index is 0.0367. The summed E-state index contributed by atoms with van der Waals surface area (Å²) in [5, 5.41) is 0. The van der Waals surface area contributed by atoms with E-state index < -0.39 is 24.7 Å². The molecule has 0 aromatic heterocycles. The molecule has 0 N–H and O–H groups in total. The van der Waals surface area contributed by atoms with E-state index in [0.29, 0.717) is 0 Å². The highest BCUT2D eigenvalue weighted by atomic mass is 19.4. The van der Waals surface area contributed by atoms with Gasteiger partial charge in [-0.2, -0.15) is 13.2 Å². The van der Waals surface area contributed by atoms with Crippen LogP contribution in [0.15, 0.2) is 0 Å². The normalized spacial score (nSPS) is 16.8. The van der Waals surface area contributed by atoms with E-state index in [0.717, 1.165) is 0 Å². The van der Waals surface area contributed by atoms with Gasteiger partial charge in [-0.1, -0.05) is 0 Å². The van der Waals surface area contributed by atoms with Crippen LogP contribution in [-0.4, -0.2) is 24.7 Å². The first-order valence-electron chi connectivity index (χ1n) is 2.72. The first-order chi connectivity index (χ1) is 5.23. The largest absolute Gasteiger partial charge is 0.433 e. The predicted octanol–water partition coefficient (Wildman–Crippen LogP) is 1.75. The third-order valence-corrected chi connectivity index (χ3v) is 1.10. The summed E-state index contributed by atoms with van der Waals surface area (Å²) in [6.07, 6.45) is -5.39. The number of ether oxygens (including phenoxy) is 1. The Hall–Kier alpha value is -0.880. The maximum Gasteiger partial charge on any atom is 0.433 e. The van der Waals surface area contributed by atoms with E-state index in [2.05, 4.69) is 4.74 Å². The van der Waals surface area contributed by atoms with E-state index in [-0.39, 0.29) is 6.92 Å². The molecule has 0 bridgehead atoms. The quantitative estimate of drug-likeness (QED) is 0.492. The first-order valence-corrected chi connectivity index (χ1v) is 2.72. The molecule has 0 aliphatic heterocycles. The van der Waals surface area contributed by atoms with Crippen LogP contribution in [0.4, 0.5) is 22.0 Å². The Labute approximate surface area is 64.3 Å². The highest BCUT2D eigenvalue weighted by Crippen LogP contribution is 2.34. The van der Waals surface area contributed by atoms with Crippen molar-refractivity contribution in [3.63, 3.8) is 0 Å². The van der Waals surface area contributed by atoms with Crippen LogP contribution in [0, 0.1) is 0 Å². The third kappa shape index (κ3) is 2.05. The van der Waals surface area contributed by atoms with Crippen LogP contribution in [0.2, 0.25) is 0 Å². The molecule has 0 amide bonds. The highest BCUT2D eigenvalue weighted by molar-refractivity contribution is 5.79. The molecule has 0 heterocycles. The van der Waals surface area contributed by atoms with Crippen molar-refractivity contribution in [1.29, 1.82) is 0 Å². The van der Waals surface area contributed by atoms with Crippen molar-refractivity contribution in [3.8, 4) is 0 Å². The van der Waals surface area contributed by atoms with Crippen LogP contribution in [0.25, 0.3) is 0 Å². The van der Waals surface area contributed by atoms with Crippen molar-refractivity contribution >= 4 is 5.97 Å². The second-order valence-electron chi connectivity index (χ2n) is 2.04. The summed E-state index contributed by atoms with van der Waals surface area (Å²) < 4.78 is 61.7. The van der Waals surface area contributed by atoms with Gasteiger partial charge in [-0.15, -0.1) is 0 Å². The van der Waals surface area contributed by atoms with E-state index >= 15 is 0 Å². The van der Waals surface area contributed by atoms with E-state index in [1.54, 1.807) is 0 Å². The zero-order valence-electron chi connectivity index (χ0n) is 5.91. The van der Waals surface area contributed by atoms with Crippen molar-refractivity contribution in [2.24, 2.45) is 0 Å². The first kappa shape index (κ1) is 11.1. The summed E-state index contributed by atoms with van der Waals surface area (Å²) in [4.78, 5) is 10.2. The fraction of sp³-hybridized carbons (Fsp3) is 0.800. The lowest BCUT2D eigenvalue weighted by Crippen LogP contribution is -2.46. The van der Waals surface area contributed by atoms with Gasteiger partial charge in [0.25, 0.3) is 5.67 Å². The molecule has 0 saturated carbocycles. The fourth-order valence-corrected chi connectivity index (χ4v) is 0.301. The summed E-state index contributed by atoms with van der Waals surface area (Å²) in [5.41, 5.74) is -4.15. The van der Waals surface area contributed by atoms with Gasteiger partial charge >= 0.3 is 12.1 Å². The molecule has 0 radical (unpaired) electrons. The van der Waals surface area contributed by atoms with E-state index in [1.165, 1.54) is 0 Å². The van der Waals surface area contributed by atoms with E-state index in [4.69, 9.17) is 0 Å². The SMILES string of the molecule is CC(F)(C(=O)OCF)C(F)(F)F. The monoisotopic (exact) mass is 192 g/mol. The van der Waals surface area contributed by atoms with Gasteiger partial charge in [0.1, 0.15) is 0 Å². The van der Waals surface area contributed by atoms with Gasteiger partial charge in [0, 0.05) is 0 Å². The van der Waals surface area contributed by atoms with Crippen LogP contribution in [0.3, 0.4) is 0 Å². The number of rotatable bonds is 2. The number of carbonyl (C=O) groups is 1. The van der Waals surface area contributed by atoms with Gasteiger partial charge in [-0.05, 0) is 6.92 Å². The van der Waals surface area contributed by atoms with Crippen LogP contribution >= 0.6 is 0 Å². The van der Waals surface area contributed by atoms with Crippen LogP contribution < -0.4 is 0 Å². The van der Waals surface area contributed by atoms with Gasteiger partial charge in [0.15, 0.2) is 0 Å². The molecular weight excluding hydrogens is 187 g/mol. The molecule has 7 heteroatoms. The topological polar surface area (TPSA) is 26.3 Å². The molecule has 0 aliphatic rings. The van der Waals surface area contributed by atoms with Gasteiger partial charge in [0.2, 0.25) is 6.86 Å². The van der Waals surface area contributed by atoms with Crippen molar-refractivity contribution < 1.29 is 31.5 Å². The fourth-order valence-electron chi connectivity index (χ4n) is 0.301. The van der Waals surface area contributed by atoms with Crippen LogP contribution in [-0.2, 0) is 9.53 Å². The second-order valence-corrected chi connectivity index (χ2v) is 2.04. The van der Waals surface area contributed by atoms with Gasteiger partial charge in [0.05, 0.1) is 0 Å². The zero-order valence-corrected chi connectivity index (χ0v) is 5.91. The summed E-state index contributed by atoms with van der Waals surface area (Å²) in [6, 6.07) is 0. The zero-order chi connectivity index (χ0) is 9.99. The van der Waals surface area contributed by atoms with Crippen LogP contribution in [0.5, 0.6) is 0 Å². The van der Waals surface area contributed by atoms with Gasteiger partial charge < -0.3 is 4.74 Å². The molecule has 0 spiro atoms. The molecule has 0 fully saturated rings. The Morgan fingerprint density at radius 3 is 2.00 bits per heavy atom.